The predicted molar refractivity (Wildman–Crippen MR) is 119 cm³/mol. The number of benzene rings is 2. The van der Waals surface area contributed by atoms with Gasteiger partial charge in [-0.1, -0.05) is 25.1 Å². The Morgan fingerprint density at radius 1 is 1.03 bits per heavy atom. The first-order valence-corrected chi connectivity index (χ1v) is 10.3. The third kappa shape index (κ3) is 3.42. The molecule has 1 unspecified atom stereocenters. The van der Waals surface area contributed by atoms with Gasteiger partial charge in [0.25, 0.3) is 5.56 Å². The number of nitrogens with one attached hydrogen (secondary N) is 1. The van der Waals surface area contributed by atoms with Crippen molar-refractivity contribution >= 4 is 5.82 Å². The van der Waals surface area contributed by atoms with Crippen LogP contribution in [0.5, 0.6) is 0 Å². The zero-order valence-electron chi connectivity index (χ0n) is 17.3. The van der Waals surface area contributed by atoms with E-state index in [-0.39, 0.29) is 11.4 Å². The number of nitrogens with zero attached hydrogens (tertiary/aromatic N) is 4. The number of aromatic nitrogens is 4. The van der Waals surface area contributed by atoms with Gasteiger partial charge in [0.15, 0.2) is 0 Å². The van der Waals surface area contributed by atoms with Crippen LogP contribution >= 0.6 is 0 Å². The number of fused-ring (bicyclic) bond motifs is 1. The Bertz CT molecular complexity index is 1320. The molecule has 156 valence electrons. The van der Waals surface area contributed by atoms with E-state index < -0.39 is 0 Å². The molecule has 4 aromatic rings. The maximum atomic E-state index is 13.5. The van der Waals surface area contributed by atoms with Crippen molar-refractivity contribution in [1.29, 1.82) is 0 Å². The zero-order chi connectivity index (χ0) is 21.5. The second-order valence-electron chi connectivity index (χ2n) is 8.00. The highest BCUT2D eigenvalue weighted by Crippen LogP contribution is 2.38. The summed E-state index contributed by atoms with van der Waals surface area (Å²) in [4.78, 5) is 12.6. The Morgan fingerprint density at radius 3 is 2.58 bits per heavy atom. The lowest BCUT2D eigenvalue weighted by Gasteiger charge is -2.22. The minimum Gasteiger partial charge on any atom is -0.369 e. The summed E-state index contributed by atoms with van der Waals surface area (Å²) >= 11 is 0. The van der Waals surface area contributed by atoms with Crippen LogP contribution in [-0.2, 0) is 6.54 Å². The summed E-state index contributed by atoms with van der Waals surface area (Å²) in [7, 11) is 0. The summed E-state index contributed by atoms with van der Waals surface area (Å²) < 4.78 is 16.9. The van der Waals surface area contributed by atoms with Crippen molar-refractivity contribution in [2.45, 2.75) is 20.4 Å². The largest absolute Gasteiger partial charge is 0.369 e. The van der Waals surface area contributed by atoms with Crippen LogP contribution in [0, 0.1) is 18.7 Å². The Morgan fingerprint density at radius 2 is 1.81 bits per heavy atom. The van der Waals surface area contributed by atoms with Crippen LogP contribution < -0.4 is 10.9 Å². The van der Waals surface area contributed by atoms with Crippen LogP contribution in [-0.4, -0.2) is 26.1 Å². The number of aryl methyl sites for hydroxylation is 1. The minimum absolute atomic E-state index is 0.205. The number of hydrogen-bond donors (Lipinski definition) is 1. The molecule has 1 aliphatic heterocycles. The van der Waals surface area contributed by atoms with Gasteiger partial charge in [-0.25, -0.2) is 9.07 Å². The maximum absolute atomic E-state index is 13.5. The van der Waals surface area contributed by atoms with Gasteiger partial charge in [0, 0.05) is 24.7 Å². The standard InChI is InChI=1S/C24H22FN5O/c1-15-13-26-24-22(23(28-29(24)14-15)17-7-9-18(25)10-8-17)19-11-12-21(31)30(27-19)20-6-4-3-5-16(20)2/h3-12,15,26H,13-14H2,1-2H3. The molecule has 5 rings (SSSR count). The topological polar surface area (TPSA) is 64.7 Å². The van der Waals surface area contributed by atoms with Crippen molar-refractivity contribution in [2.24, 2.45) is 5.92 Å². The summed E-state index contributed by atoms with van der Waals surface area (Å²) in [5.74, 6) is 0.988. The third-order valence-corrected chi connectivity index (χ3v) is 5.57. The van der Waals surface area contributed by atoms with Crippen LogP contribution in [0.25, 0.3) is 28.2 Å². The Kier molecular flexibility index (Phi) is 4.66. The fourth-order valence-corrected chi connectivity index (χ4v) is 3.97. The molecule has 0 bridgehead atoms. The maximum Gasteiger partial charge on any atom is 0.271 e. The third-order valence-electron chi connectivity index (χ3n) is 5.57. The van der Waals surface area contributed by atoms with Crippen molar-refractivity contribution in [1.82, 2.24) is 19.6 Å². The molecule has 0 spiro atoms. The predicted octanol–water partition coefficient (Wildman–Crippen LogP) is 4.27. The molecule has 0 radical (unpaired) electrons. The molecule has 0 saturated heterocycles. The lowest BCUT2D eigenvalue weighted by atomic mass is 10.0. The second kappa shape index (κ2) is 7.50. The van der Waals surface area contributed by atoms with Crippen LogP contribution in [0.4, 0.5) is 10.2 Å². The minimum atomic E-state index is -0.299. The molecule has 31 heavy (non-hydrogen) atoms. The average Bonchev–Trinajstić information content (AvgIpc) is 3.14. The van der Waals surface area contributed by atoms with Gasteiger partial charge < -0.3 is 5.32 Å². The summed E-state index contributed by atoms with van der Waals surface area (Å²) in [5, 5.41) is 13.0. The van der Waals surface area contributed by atoms with E-state index >= 15 is 0 Å². The van der Waals surface area contributed by atoms with Crippen LogP contribution in [0.3, 0.4) is 0 Å². The van der Waals surface area contributed by atoms with Crippen molar-refractivity contribution in [3.05, 3.63) is 82.4 Å². The summed E-state index contributed by atoms with van der Waals surface area (Å²) in [5.41, 5.74) is 4.43. The van der Waals surface area contributed by atoms with E-state index in [9.17, 15) is 9.18 Å². The molecule has 2 aromatic heterocycles. The van der Waals surface area contributed by atoms with Crippen LogP contribution in [0.2, 0.25) is 0 Å². The molecule has 0 aliphatic carbocycles. The smallest absolute Gasteiger partial charge is 0.271 e. The molecule has 0 saturated carbocycles. The molecular weight excluding hydrogens is 393 g/mol. The van der Waals surface area contributed by atoms with Gasteiger partial charge in [-0.2, -0.15) is 14.9 Å². The molecule has 0 fully saturated rings. The number of rotatable bonds is 3. The highest BCUT2D eigenvalue weighted by atomic mass is 19.1. The lowest BCUT2D eigenvalue weighted by Crippen LogP contribution is -2.26. The van der Waals surface area contributed by atoms with Crippen molar-refractivity contribution in [2.75, 3.05) is 11.9 Å². The SMILES string of the molecule is Cc1ccccc1-n1nc(-c2c(-c3ccc(F)cc3)nn3c2NCC(C)C3)ccc1=O. The summed E-state index contributed by atoms with van der Waals surface area (Å²) in [6, 6.07) is 17.2. The van der Waals surface area contributed by atoms with Gasteiger partial charge in [0.05, 0.1) is 16.9 Å². The van der Waals surface area contributed by atoms with E-state index in [0.717, 1.165) is 41.3 Å². The van der Waals surface area contributed by atoms with E-state index in [1.54, 1.807) is 18.2 Å². The highest BCUT2D eigenvalue weighted by Gasteiger charge is 2.26. The molecule has 2 aromatic carbocycles. The van der Waals surface area contributed by atoms with Gasteiger partial charge in [-0.05, 0) is 54.8 Å². The van der Waals surface area contributed by atoms with Crippen molar-refractivity contribution in [3.8, 4) is 28.2 Å². The van der Waals surface area contributed by atoms with Crippen molar-refractivity contribution < 1.29 is 4.39 Å². The van der Waals surface area contributed by atoms with Gasteiger partial charge in [0.2, 0.25) is 0 Å². The van der Waals surface area contributed by atoms with Crippen LogP contribution in [0.15, 0.2) is 65.5 Å². The van der Waals surface area contributed by atoms with Gasteiger partial charge >= 0.3 is 0 Å². The number of anilines is 1. The molecule has 3 heterocycles. The average molecular weight is 415 g/mol. The Labute approximate surface area is 179 Å². The lowest BCUT2D eigenvalue weighted by molar-refractivity contribution is 0.446. The second-order valence-corrected chi connectivity index (χ2v) is 8.00. The monoisotopic (exact) mass is 415 g/mol. The number of halogens is 1. The number of hydrogen-bond acceptors (Lipinski definition) is 4. The molecule has 1 atom stereocenters. The van der Waals surface area contributed by atoms with E-state index in [0.29, 0.717) is 17.3 Å². The molecule has 1 N–H and O–H groups in total. The van der Waals surface area contributed by atoms with Gasteiger partial charge in [-0.3, -0.25) is 4.79 Å². The van der Waals surface area contributed by atoms with Gasteiger partial charge in [0.1, 0.15) is 17.3 Å². The first-order valence-electron chi connectivity index (χ1n) is 10.3. The molecular formula is C24H22FN5O. The fourth-order valence-electron chi connectivity index (χ4n) is 3.97. The highest BCUT2D eigenvalue weighted by molar-refractivity contribution is 5.87. The normalized spacial score (nSPS) is 15.4. The molecule has 6 nitrogen and oxygen atoms in total. The summed E-state index contributed by atoms with van der Waals surface area (Å²) in [6.07, 6.45) is 0. The van der Waals surface area contributed by atoms with Gasteiger partial charge in [-0.15, -0.1) is 0 Å². The van der Waals surface area contributed by atoms with E-state index in [1.807, 2.05) is 35.9 Å². The zero-order valence-corrected chi connectivity index (χ0v) is 17.3. The van der Waals surface area contributed by atoms with E-state index in [4.69, 9.17) is 10.2 Å². The first kappa shape index (κ1) is 19.2. The number of para-hydroxylation sites is 1. The fraction of sp³-hybridized carbons (Fsp3) is 0.208. The van der Waals surface area contributed by atoms with E-state index in [2.05, 4.69) is 12.2 Å². The summed E-state index contributed by atoms with van der Waals surface area (Å²) in [6.45, 7) is 5.70. The molecule has 7 heteroatoms. The molecule has 1 aliphatic rings. The quantitative estimate of drug-likeness (QED) is 0.543. The first-order chi connectivity index (χ1) is 15.0. The Hall–Kier alpha value is -3.74. The van der Waals surface area contributed by atoms with Crippen molar-refractivity contribution in [3.63, 3.8) is 0 Å². The molecule has 0 amide bonds. The Balaban J connectivity index is 1.73. The van der Waals surface area contributed by atoms with Crippen LogP contribution in [0.1, 0.15) is 12.5 Å². The van der Waals surface area contributed by atoms with E-state index in [1.165, 1.54) is 22.9 Å².